The smallest absolute Gasteiger partial charge is 0.355 e. The van der Waals surface area contributed by atoms with Gasteiger partial charge >= 0.3 is 6.18 Å². The Morgan fingerprint density at radius 2 is 1.92 bits per heavy atom. The second kappa shape index (κ2) is 13.0. The highest BCUT2D eigenvalue weighted by molar-refractivity contribution is 14.0. The lowest BCUT2D eigenvalue weighted by molar-refractivity contribution is -0.142. The molecule has 9 heteroatoms. The van der Waals surface area contributed by atoms with Crippen molar-refractivity contribution in [1.82, 2.24) is 20.4 Å². The number of nitrogens with zero attached hydrogens (tertiary/aromatic N) is 3. The van der Waals surface area contributed by atoms with E-state index in [1.165, 1.54) is 37.6 Å². The minimum absolute atomic E-state index is 0. The van der Waals surface area contributed by atoms with Crippen LogP contribution < -0.4 is 10.6 Å². The molecule has 0 aromatic carbocycles. The number of likely N-dealkylation sites (tertiary alicyclic amines) is 1. The lowest BCUT2D eigenvalue weighted by Gasteiger charge is -2.35. The summed E-state index contributed by atoms with van der Waals surface area (Å²) in [6.45, 7) is 4.97. The third-order valence-corrected chi connectivity index (χ3v) is 4.37. The molecule has 1 aliphatic heterocycles. The normalized spacial score (nSPS) is 19.6. The minimum atomic E-state index is -4.15. The Labute approximate surface area is 166 Å². The molecule has 0 radical (unpaired) electrons. The maximum atomic E-state index is 12.3. The van der Waals surface area contributed by atoms with Gasteiger partial charge in [-0.05, 0) is 32.9 Å². The third-order valence-electron chi connectivity index (χ3n) is 4.37. The van der Waals surface area contributed by atoms with Gasteiger partial charge in [0.2, 0.25) is 0 Å². The summed E-state index contributed by atoms with van der Waals surface area (Å²) in [6.07, 6.45) is 0.874. The summed E-state index contributed by atoms with van der Waals surface area (Å²) >= 11 is 0. The Kier molecular flexibility index (Phi) is 12.8. The predicted octanol–water partition coefficient (Wildman–Crippen LogP) is 2.53. The lowest BCUT2D eigenvalue weighted by atomic mass is 10.0. The Bertz CT molecular complexity index is 379. The van der Waals surface area contributed by atoms with E-state index in [1.807, 2.05) is 0 Å². The maximum absolute atomic E-state index is 12.3. The van der Waals surface area contributed by atoms with E-state index >= 15 is 0 Å². The van der Waals surface area contributed by atoms with Crippen molar-refractivity contribution in [3.05, 3.63) is 0 Å². The molecule has 0 bridgehead atoms. The van der Waals surface area contributed by atoms with Crippen molar-refractivity contribution in [3.63, 3.8) is 0 Å². The number of rotatable bonds is 8. The monoisotopic (exact) mass is 479 g/mol. The minimum Gasteiger partial charge on any atom is -0.355 e. The number of guanidine groups is 1. The molecule has 1 aliphatic rings. The van der Waals surface area contributed by atoms with Crippen molar-refractivity contribution in [1.29, 1.82) is 0 Å². The molecule has 0 aromatic heterocycles. The number of halogens is 4. The van der Waals surface area contributed by atoms with Crippen molar-refractivity contribution in [2.75, 3.05) is 53.4 Å². The molecule has 0 spiro atoms. The number of nitrogens with one attached hydrogen (secondary N) is 2. The fourth-order valence-corrected chi connectivity index (χ4v) is 3.11. The summed E-state index contributed by atoms with van der Waals surface area (Å²) in [7, 11) is 3.14. The highest BCUT2D eigenvalue weighted by Crippen LogP contribution is 2.18. The van der Waals surface area contributed by atoms with Crippen LogP contribution in [0.15, 0.2) is 4.99 Å². The van der Waals surface area contributed by atoms with E-state index in [4.69, 9.17) is 0 Å². The average molecular weight is 479 g/mol. The number of hydrogen-bond acceptors (Lipinski definition) is 3. The van der Waals surface area contributed by atoms with Gasteiger partial charge in [0.15, 0.2) is 5.96 Å². The lowest BCUT2D eigenvalue weighted by Crippen LogP contribution is -2.47. The van der Waals surface area contributed by atoms with Gasteiger partial charge in [-0.15, -0.1) is 24.0 Å². The van der Waals surface area contributed by atoms with Crippen molar-refractivity contribution in [3.8, 4) is 0 Å². The van der Waals surface area contributed by atoms with Crippen LogP contribution in [0.3, 0.4) is 0 Å². The predicted molar refractivity (Wildman–Crippen MR) is 108 cm³/mol. The van der Waals surface area contributed by atoms with Crippen molar-refractivity contribution in [2.24, 2.45) is 4.99 Å². The average Bonchev–Trinajstić information content (AvgIpc) is 2.52. The Morgan fingerprint density at radius 3 is 2.52 bits per heavy atom. The van der Waals surface area contributed by atoms with Gasteiger partial charge < -0.3 is 10.6 Å². The van der Waals surface area contributed by atoms with E-state index in [9.17, 15) is 13.2 Å². The van der Waals surface area contributed by atoms with Gasteiger partial charge in [0.05, 0.1) is 6.54 Å². The van der Waals surface area contributed by atoms with Gasteiger partial charge in [-0.2, -0.15) is 13.2 Å². The molecule has 5 nitrogen and oxygen atoms in total. The van der Waals surface area contributed by atoms with Crippen LogP contribution in [0, 0.1) is 0 Å². The summed E-state index contributed by atoms with van der Waals surface area (Å²) in [6, 6.07) is 0.673. The summed E-state index contributed by atoms with van der Waals surface area (Å²) < 4.78 is 36.8. The molecule has 1 saturated heterocycles. The summed E-state index contributed by atoms with van der Waals surface area (Å²) in [5.74, 6) is 0.639. The van der Waals surface area contributed by atoms with Crippen LogP contribution in [0.5, 0.6) is 0 Å². The van der Waals surface area contributed by atoms with E-state index in [0.717, 1.165) is 19.6 Å². The van der Waals surface area contributed by atoms with E-state index in [2.05, 4.69) is 27.4 Å². The highest BCUT2D eigenvalue weighted by Gasteiger charge is 2.28. The summed E-state index contributed by atoms with van der Waals surface area (Å²) in [4.78, 5) is 7.88. The number of aliphatic imine (C=N–C) groups is 1. The molecule has 0 saturated carbocycles. The zero-order valence-electron chi connectivity index (χ0n) is 15.5. The van der Waals surface area contributed by atoms with Gasteiger partial charge in [0, 0.05) is 39.3 Å². The van der Waals surface area contributed by atoms with Crippen LogP contribution in [0.25, 0.3) is 0 Å². The van der Waals surface area contributed by atoms with E-state index in [-0.39, 0.29) is 24.0 Å². The molecule has 0 aromatic rings. The van der Waals surface area contributed by atoms with Crippen LogP contribution in [0.2, 0.25) is 0 Å². The Balaban J connectivity index is 0.00000576. The highest BCUT2D eigenvalue weighted by atomic mass is 127. The summed E-state index contributed by atoms with van der Waals surface area (Å²) in [5, 5.41) is 6.30. The largest absolute Gasteiger partial charge is 0.401 e. The van der Waals surface area contributed by atoms with Crippen LogP contribution in [0.4, 0.5) is 13.2 Å². The molecule has 1 rings (SSSR count). The molecule has 25 heavy (non-hydrogen) atoms. The molecule has 1 atom stereocenters. The van der Waals surface area contributed by atoms with E-state index in [1.54, 1.807) is 7.05 Å². The quantitative estimate of drug-likeness (QED) is 0.319. The van der Waals surface area contributed by atoms with Crippen LogP contribution in [-0.4, -0.2) is 81.3 Å². The number of likely N-dealkylation sites (N-methyl/N-ethyl adjacent to an activating group) is 1. The standard InChI is InChI=1S/C16H32F3N5.HI/c1-4-14-7-5-6-10-24(14)12-9-22-15(20-2)21-8-11-23(3)13-16(17,18)19;/h14H,4-13H2,1-3H3,(H2,20,21,22);1H. The van der Waals surface area contributed by atoms with Crippen LogP contribution in [0.1, 0.15) is 32.6 Å². The zero-order valence-corrected chi connectivity index (χ0v) is 17.9. The van der Waals surface area contributed by atoms with E-state index < -0.39 is 12.7 Å². The van der Waals surface area contributed by atoms with Crippen molar-refractivity contribution >= 4 is 29.9 Å². The molecule has 0 aliphatic carbocycles. The third kappa shape index (κ3) is 11.1. The Hall–Kier alpha value is -0.290. The second-order valence-corrected chi connectivity index (χ2v) is 6.37. The van der Waals surface area contributed by atoms with E-state index in [0.29, 0.717) is 25.1 Å². The van der Waals surface area contributed by atoms with Crippen molar-refractivity contribution in [2.45, 2.75) is 44.8 Å². The van der Waals surface area contributed by atoms with Gasteiger partial charge in [0.25, 0.3) is 0 Å². The molecule has 1 fully saturated rings. The first kappa shape index (κ1) is 24.7. The maximum Gasteiger partial charge on any atom is 0.401 e. The fourth-order valence-electron chi connectivity index (χ4n) is 3.11. The van der Waals surface area contributed by atoms with Crippen LogP contribution in [-0.2, 0) is 0 Å². The van der Waals surface area contributed by atoms with Gasteiger partial charge in [0.1, 0.15) is 0 Å². The van der Waals surface area contributed by atoms with Crippen molar-refractivity contribution < 1.29 is 13.2 Å². The number of piperidine rings is 1. The Morgan fingerprint density at radius 1 is 1.24 bits per heavy atom. The molecule has 1 heterocycles. The topological polar surface area (TPSA) is 42.9 Å². The zero-order chi connectivity index (χ0) is 18.0. The molecule has 150 valence electrons. The van der Waals surface area contributed by atoms with Gasteiger partial charge in [-0.25, -0.2) is 0 Å². The first-order valence-corrected chi connectivity index (χ1v) is 8.79. The van der Waals surface area contributed by atoms with Gasteiger partial charge in [-0.1, -0.05) is 13.3 Å². The van der Waals surface area contributed by atoms with Crippen LogP contribution >= 0.6 is 24.0 Å². The SMILES string of the molecule is CCC1CCCCN1CCNC(=NC)NCCN(C)CC(F)(F)F.I. The molecule has 2 N–H and O–H groups in total. The first-order valence-electron chi connectivity index (χ1n) is 8.79. The summed E-state index contributed by atoms with van der Waals surface area (Å²) in [5.41, 5.74) is 0. The fraction of sp³-hybridized carbons (Fsp3) is 0.938. The first-order chi connectivity index (χ1) is 11.4. The molecule has 1 unspecified atom stereocenters. The molecular weight excluding hydrogens is 446 g/mol. The van der Waals surface area contributed by atoms with Gasteiger partial charge in [-0.3, -0.25) is 14.8 Å². The molecule has 0 amide bonds. The molecular formula is C16H33F3IN5. The number of alkyl halides is 3. The number of hydrogen-bond donors (Lipinski definition) is 2. The second-order valence-electron chi connectivity index (χ2n) is 6.37.